The molecule has 2 saturated heterocycles. The summed E-state index contributed by atoms with van der Waals surface area (Å²) in [6, 6.07) is 5.75. The van der Waals surface area contributed by atoms with Crippen LogP contribution in [0.25, 0.3) is 11.0 Å². The quantitative estimate of drug-likeness (QED) is 0.585. The minimum Gasteiger partial charge on any atom is -0.381 e. The molecule has 2 aromatic rings. The minimum atomic E-state index is -3.71. The molecule has 1 aromatic carbocycles. The van der Waals surface area contributed by atoms with Crippen LogP contribution in [0, 0.1) is 11.8 Å². The van der Waals surface area contributed by atoms with Crippen molar-refractivity contribution in [1.29, 1.82) is 0 Å². The molecule has 0 unspecified atom stereocenters. The van der Waals surface area contributed by atoms with Crippen LogP contribution in [0.2, 0.25) is 0 Å². The number of piperidine rings is 1. The van der Waals surface area contributed by atoms with E-state index in [2.05, 4.69) is 25.3 Å². The van der Waals surface area contributed by atoms with E-state index in [4.69, 9.17) is 9.72 Å². The first-order valence-corrected chi connectivity index (χ1v) is 14.3. The van der Waals surface area contributed by atoms with Gasteiger partial charge in [0.2, 0.25) is 5.91 Å². The second-order valence-corrected chi connectivity index (χ2v) is 13.4. The Labute approximate surface area is 215 Å². The molecule has 2 fully saturated rings. The first kappa shape index (κ1) is 26.9. The van der Waals surface area contributed by atoms with Crippen molar-refractivity contribution in [2.45, 2.75) is 58.4 Å². The summed E-state index contributed by atoms with van der Waals surface area (Å²) in [5, 5.41) is 0. The van der Waals surface area contributed by atoms with Crippen LogP contribution < -0.4 is 4.31 Å². The largest absolute Gasteiger partial charge is 0.381 e. The van der Waals surface area contributed by atoms with Crippen molar-refractivity contribution in [3.63, 3.8) is 0 Å². The molecule has 1 amide bonds. The predicted molar refractivity (Wildman–Crippen MR) is 142 cm³/mol. The molecule has 9 nitrogen and oxygen atoms in total. The Kier molecular flexibility index (Phi) is 7.69. The average Bonchev–Trinajstić information content (AvgIpc) is 3.21. The maximum absolute atomic E-state index is 13.4. The monoisotopic (exact) mass is 519 g/mol. The van der Waals surface area contributed by atoms with Crippen LogP contribution in [0.3, 0.4) is 0 Å². The predicted octanol–water partition coefficient (Wildman–Crippen LogP) is 3.24. The average molecular weight is 520 g/mol. The van der Waals surface area contributed by atoms with Crippen LogP contribution in [0.15, 0.2) is 18.2 Å². The summed E-state index contributed by atoms with van der Waals surface area (Å²) in [6.45, 7) is 9.66. The van der Waals surface area contributed by atoms with Crippen LogP contribution in [0.1, 0.15) is 52.3 Å². The van der Waals surface area contributed by atoms with Crippen molar-refractivity contribution in [3.8, 4) is 0 Å². The van der Waals surface area contributed by atoms with Crippen LogP contribution in [-0.2, 0) is 31.7 Å². The van der Waals surface area contributed by atoms with Gasteiger partial charge in [-0.15, -0.1) is 0 Å². The summed E-state index contributed by atoms with van der Waals surface area (Å²) in [5.41, 5.74) is 2.28. The molecule has 4 rings (SSSR count). The van der Waals surface area contributed by atoms with Crippen molar-refractivity contribution >= 4 is 32.8 Å². The highest BCUT2D eigenvalue weighted by atomic mass is 32.2. The van der Waals surface area contributed by atoms with E-state index in [1.54, 1.807) is 26.0 Å². The Balaban J connectivity index is 1.58. The lowest BCUT2D eigenvalue weighted by atomic mass is 9.94. The fraction of sp³-hybridized carbons (Fsp3) is 0.692. The van der Waals surface area contributed by atoms with Gasteiger partial charge in [0.05, 0.1) is 16.7 Å². The van der Waals surface area contributed by atoms with E-state index in [0.717, 1.165) is 49.5 Å². The number of aromatic nitrogens is 2. The van der Waals surface area contributed by atoms with Gasteiger partial charge in [0.1, 0.15) is 5.82 Å². The van der Waals surface area contributed by atoms with E-state index in [1.165, 1.54) is 8.61 Å². The standard InChI is InChI=1S/C26H41N5O4S/c1-26(2,3)25-27-22-17-21(7-8-23(22)31(25)18-19-11-15-35-16-12-19)29(6)36(33,34)30-13-9-20(10-14-30)24(32)28(4)5/h7-8,17,19-20H,9-16,18H2,1-6H3. The number of benzene rings is 1. The summed E-state index contributed by atoms with van der Waals surface area (Å²) in [7, 11) is 1.36. The van der Waals surface area contributed by atoms with Gasteiger partial charge >= 0.3 is 10.2 Å². The van der Waals surface area contributed by atoms with E-state index in [-0.39, 0.29) is 17.2 Å². The molecule has 0 aliphatic carbocycles. The zero-order valence-corrected chi connectivity index (χ0v) is 23.3. The number of hydrogen-bond acceptors (Lipinski definition) is 5. The molecular formula is C26H41N5O4S. The Morgan fingerprint density at radius 1 is 1.08 bits per heavy atom. The van der Waals surface area contributed by atoms with E-state index in [9.17, 15) is 13.2 Å². The Morgan fingerprint density at radius 3 is 2.31 bits per heavy atom. The molecule has 0 atom stereocenters. The summed E-state index contributed by atoms with van der Waals surface area (Å²) in [5.74, 6) is 1.50. The van der Waals surface area contributed by atoms with Gasteiger partial charge in [-0.25, -0.2) is 4.98 Å². The lowest BCUT2D eigenvalue weighted by molar-refractivity contribution is -0.134. The van der Waals surface area contributed by atoms with Crippen LogP contribution in [-0.4, -0.2) is 80.5 Å². The summed E-state index contributed by atoms with van der Waals surface area (Å²) in [4.78, 5) is 18.9. The molecule has 3 heterocycles. The van der Waals surface area contributed by atoms with Crippen molar-refractivity contribution < 1.29 is 17.9 Å². The maximum Gasteiger partial charge on any atom is 0.303 e. The summed E-state index contributed by atoms with van der Waals surface area (Å²) < 4.78 is 37.6. The summed E-state index contributed by atoms with van der Waals surface area (Å²) >= 11 is 0. The number of carbonyl (C=O) groups excluding carboxylic acids is 1. The van der Waals surface area contributed by atoms with Crippen LogP contribution >= 0.6 is 0 Å². The lowest BCUT2D eigenvalue weighted by Gasteiger charge is -2.34. The zero-order valence-electron chi connectivity index (χ0n) is 22.5. The molecule has 1 aromatic heterocycles. The van der Waals surface area contributed by atoms with Gasteiger partial charge in [0.25, 0.3) is 0 Å². The number of hydrogen-bond donors (Lipinski definition) is 0. The highest BCUT2D eigenvalue weighted by molar-refractivity contribution is 7.90. The third kappa shape index (κ3) is 5.40. The number of nitrogens with zero attached hydrogens (tertiary/aromatic N) is 5. The zero-order chi connectivity index (χ0) is 26.3. The first-order chi connectivity index (χ1) is 16.9. The molecule has 36 heavy (non-hydrogen) atoms. The van der Waals surface area contributed by atoms with Crippen molar-refractivity contribution in [3.05, 3.63) is 24.0 Å². The fourth-order valence-corrected chi connectivity index (χ4v) is 6.66. The normalized spacial score (nSPS) is 19.1. The molecule has 0 saturated carbocycles. The molecule has 200 valence electrons. The van der Waals surface area contributed by atoms with E-state index in [1.807, 2.05) is 18.2 Å². The Morgan fingerprint density at radius 2 is 1.72 bits per heavy atom. The van der Waals surface area contributed by atoms with Gasteiger partial charge in [0, 0.05) is 65.3 Å². The van der Waals surface area contributed by atoms with Crippen molar-refractivity contribution in [1.82, 2.24) is 18.8 Å². The van der Waals surface area contributed by atoms with Gasteiger partial charge < -0.3 is 14.2 Å². The number of amides is 1. The highest BCUT2D eigenvalue weighted by Gasteiger charge is 2.34. The van der Waals surface area contributed by atoms with E-state index >= 15 is 0 Å². The number of carbonyl (C=O) groups is 1. The second kappa shape index (κ2) is 10.3. The van der Waals surface area contributed by atoms with Crippen LogP contribution in [0.5, 0.6) is 0 Å². The topological polar surface area (TPSA) is 88.0 Å². The minimum absolute atomic E-state index is 0.0665. The SMILES string of the molecule is CN(C)C(=O)C1CCN(S(=O)(=O)N(C)c2ccc3c(c2)nc(C(C)(C)C)n3CC2CCOCC2)CC1. The van der Waals surface area contributed by atoms with Gasteiger partial charge in [-0.3, -0.25) is 9.10 Å². The van der Waals surface area contributed by atoms with E-state index in [0.29, 0.717) is 37.5 Å². The third-order valence-electron chi connectivity index (χ3n) is 7.46. The number of ether oxygens (including phenoxy) is 1. The maximum atomic E-state index is 13.4. The number of anilines is 1. The van der Waals surface area contributed by atoms with Gasteiger partial charge in [-0.1, -0.05) is 20.8 Å². The number of imidazole rings is 1. The lowest BCUT2D eigenvalue weighted by Crippen LogP contribution is -2.47. The fourth-order valence-electron chi connectivity index (χ4n) is 5.26. The van der Waals surface area contributed by atoms with Gasteiger partial charge in [0.15, 0.2) is 0 Å². The molecular weight excluding hydrogens is 478 g/mol. The van der Waals surface area contributed by atoms with Crippen molar-refractivity contribution in [2.75, 3.05) is 51.8 Å². The van der Waals surface area contributed by atoms with Crippen molar-refractivity contribution in [2.24, 2.45) is 11.8 Å². The molecule has 0 N–H and O–H groups in total. The molecule has 0 radical (unpaired) electrons. The number of fused-ring (bicyclic) bond motifs is 1. The molecule has 0 bridgehead atoms. The molecule has 2 aliphatic rings. The molecule has 2 aliphatic heterocycles. The van der Waals surface area contributed by atoms with Gasteiger partial charge in [-0.05, 0) is 49.8 Å². The molecule has 0 spiro atoms. The van der Waals surface area contributed by atoms with E-state index < -0.39 is 10.2 Å². The smallest absolute Gasteiger partial charge is 0.303 e. The third-order valence-corrected chi connectivity index (χ3v) is 9.38. The first-order valence-electron chi connectivity index (χ1n) is 12.9. The van der Waals surface area contributed by atoms with Crippen LogP contribution in [0.4, 0.5) is 5.69 Å². The second-order valence-electron chi connectivity index (χ2n) is 11.4. The Bertz CT molecular complexity index is 1190. The number of rotatable bonds is 6. The summed E-state index contributed by atoms with van der Waals surface area (Å²) in [6.07, 6.45) is 3.15. The molecule has 10 heteroatoms. The highest BCUT2D eigenvalue weighted by Crippen LogP contribution is 2.32. The Hall–Kier alpha value is -2.17. The van der Waals surface area contributed by atoms with Gasteiger partial charge in [-0.2, -0.15) is 12.7 Å².